The Morgan fingerprint density at radius 1 is 1.38 bits per heavy atom. The van der Waals surface area contributed by atoms with Gasteiger partial charge in [0.15, 0.2) is 5.96 Å². The molecule has 2 heterocycles. The Bertz CT molecular complexity index is 616. The number of aromatic nitrogens is 1. The van der Waals surface area contributed by atoms with Gasteiger partial charge in [-0.15, -0.1) is 0 Å². The monoisotopic (exact) mass is 361 g/mol. The molecule has 1 fully saturated rings. The van der Waals surface area contributed by atoms with Gasteiger partial charge in [-0.3, -0.25) is 9.98 Å². The average molecular weight is 361 g/mol. The first-order chi connectivity index (χ1) is 12.3. The standard InChI is InChI=1S/C19H31N5O2/c1-6-20-17(21-10-9-15-8-7-14(2)22-11-15)23-16-12-24(13-16)18(25)26-19(3,4)5/h7-8,11,16H,6,9-10,12-13H2,1-5H3,(H2,20,21,23). The molecule has 0 bridgehead atoms. The van der Waals surface area contributed by atoms with E-state index >= 15 is 0 Å². The second-order valence-electron chi connectivity index (χ2n) is 7.55. The van der Waals surface area contributed by atoms with E-state index in [0.29, 0.717) is 19.6 Å². The van der Waals surface area contributed by atoms with Gasteiger partial charge in [-0.1, -0.05) is 6.07 Å². The quantitative estimate of drug-likeness (QED) is 0.620. The van der Waals surface area contributed by atoms with Crippen molar-refractivity contribution in [3.05, 3.63) is 29.6 Å². The molecule has 1 aliphatic heterocycles. The number of aryl methyl sites for hydroxylation is 1. The highest BCUT2D eigenvalue weighted by Crippen LogP contribution is 2.15. The maximum atomic E-state index is 12.0. The summed E-state index contributed by atoms with van der Waals surface area (Å²) >= 11 is 0. The zero-order valence-electron chi connectivity index (χ0n) is 16.5. The highest BCUT2D eigenvalue weighted by atomic mass is 16.6. The number of nitrogens with one attached hydrogen (secondary N) is 2. The van der Waals surface area contributed by atoms with E-state index in [0.717, 1.165) is 24.6 Å². The molecule has 0 atom stereocenters. The molecular weight excluding hydrogens is 330 g/mol. The Morgan fingerprint density at radius 3 is 2.69 bits per heavy atom. The van der Waals surface area contributed by atoms with Crippen LogP contribution in [-0.2, 0) is 11.2 Å². The zero-order chi connectivity index (χ0) is 19.2. The molecule has 2 N–H and O–H groups in total. The molecule has 0 radical (unpaired) electrons. The summed E-state index contributed by atoms with van der Waals surface area (Å²) in [5, 5.41) is 6.62. The van der Waals surface area contributed by atoms with Crippen molar-refractivity contribution in [2.75, 3.05) is 26.2 Å². The number of amides is 1. The summed E-state index contributed by atoms with van der Waals surface area (Å²) in [5.74, 6) is 0.779. The fraction of sp³-hybridized carbons (Fsp3) is 0.632. The molecule has 0 aliphatic carbocycles. The van der Waals surface area contributed by atoms with Gasteiger partial charge in [0, 0.05) is 38.1 Å². The Hall–Kier alpha value is -2.31. The molecule has 144 valence electrons. The number of ether oxygens (including phenoxy) is 1. The number of pyridine rings is 1. The summed E-state index contributed by atoms with van der Waals surface area (Å²) in [6, 6.07) is 4.30. The summed E-state index contributed by atoms with van der Waals surface area (Å²) in [6.45, 7) is 12.4. The predicted octanol–water partition coefficient (Wildman–Crippen LogP) is 2.11. The van der Waals surface area contributed by atoms with E-state index in [1.165, 1.54) is 5.56 Å². The van der Waals surface area contributed by atoms with Crippen LogP contribution in [0.3, 0.4) is 0 Å². The first kappa shape index (κ1) is 20.0. The lowest BCUT2D eigenvalue weighted by Gasteiger charge is -2.40. The normalized spacial score (nSPS) is 15.4. The van der Waals surface area contributed by atoms with Crippen LogP contribution in [-0.4, -0.2) is 59.8 Å². The number of hydrogen-bond donors (Lipinski definition) is 2. The van der Waals surface area contributed by atoms with Crippen molar-refractivity contribution in [2.24, 2.45) is 4.99 Å². The molecule has 2 rings (SSSR count). The largest absolute Gasteiger partial charge is 0.444 e. The minimum atomic E-state index is -0.461. The van der Waals surface area contributed by atoms with Crippen LogP contribution in [0.15, 0.2) is 23.3 Å². The lowest BCUT2D eigenvalue weighted by atomic mass is 10.1. The summed E-state index contributed by atoms with van der Waals surface area (Å²) in [4.78, 5) is 22.6. The van der Waals surface area contributed by atoms with Gasteiger partial charge in [0.25, 0.3) is 0 Å². The van der Waals surface area contributed by atoms with Crippen LogP contribution >= 0.6 is 0 Å². The first-order valence-corrected chi connectivity index (χ1v) is 9.21. The number of aliphatic imine (C=N–C) groups is 1. The number of carbonyl (C=O) groups excluding carboxylic acids is 1. The lowest BCUT2D eigenvalue weighted by Crippen LogP contribution is -2.63. The minimum Gasteiger partial charge on any atom is -0.444 e. The molecule has 1 aromatic rings. The lowest BCUT2D eigenvalue weighted by molar-refractivity contribution is 0.00701. The third-order valence-electron chi connectivity index (χ3n) is 3.86. The van der Waals surface area contributed by atoms with Gasteiger partial charge in [0.05, 0.1) is 6.04 Å². The van der Waals surface area contributed by atoms with Crippen LogP contribution in [0.4, 0.5) is 4.79 Å². The Kier molecular flexibility index (Phi) is 6.83. The molecular formula is C19H31N5O2. The Balaban J connectivity index is 1.78. The Labute approximate surface area is 156 Å². The van der Waals surface area contributed by atoms with E-state index < -0.39 is 5.60 Å². The summed E-state index contributed by atoms with van der Waals surface area (Å²) in [7, 11) is 0. The van der Waals surface area contributed by atoms with Crippen LogP contribution in [0, 0.1) is 6.92 Å². The molecule has 0 saturated carbocycles. The van der Waals surface area contributed by atoms with Crippen molar-refractivity contribution < 1.29 is 9.53 Å². The van der Waals surface area contributed by atoms with Crippen molar-refractivity contribution in [3.8, 4) is 0 Å². The van der Waals surface area contributed by atoms with E-state index in [1.54, 1.807) is 4.90 Å². The summed E-state index contributed by atoms with van der Waals surface area (Å²) < 4.78 is 5.37. The van der Waals surface area contributed by atoms with E-state index in [-0.39, 0.29) is 12.1 Å². The van der Waals surface area contributed by atoms with Gasteiger partial charge < -0.3 is 20.3 Å². The van der Waals surface area contributed by atoms with Gasteiger partial charge in [-0.2, -0.15) is 0 Å². The zero-order valence-corrected chi connectivity index (χ0v) is 16.5. The van der Waals surface area contributed by atoms with Gasteiger partial charge >= 0.3 is 6.09 Å². The van der Waals surface area contributed by atoms with Crippen LogP contribution in [0.25, 0.3) is 0 Å². The average Bonchev–Trinajstić information content (AvgIpc) is 2.50. The topological polar surface area (TPSA) is 78.9 Å². The number of likely N-dealkylation sites (tertiary alicyclic amines) is 1. The molecule has 1 aliphatic rings. The third-order valence-corrected chi connectivity index (χ3v) is 3.86. The highest BCUT2D eigenvalue weighted by Gasteiger charge is 2.34. The maximum absolute atomic E-state index is 12.0. The SMILES string of the molecule is CCNC(=NCCc1ccc(C)nc1)NC1CN(C(=O)OC(C)(C)C)C1. The van der Waals surface area contributed by atoms with Crippen LogP contribution in [0.5, 0.6) is 0 Å². The molecule has 0 unspecified atom stereocenters. The van der Waals surface area contributed by atoms with Crippen LogP contribution < -0.4 is 10.6 Å². The van der Waals surface area contributed by atoms with Gasteiger partial charge in [0.2, 0.25) is 0 Å². The fourth-order valence-electron chi connectivity index (χ4n) is 2.50. The molecule has 1 saturated heterocycles. The summed E-state index contributed by atoms with van der Waals surface area (Å²) in [5.41, 5.74) is 1.73. The van der Waals surface area contributed by atoms with E-state index in [1.807, 2.05) is 46.9 Å². The maximum Gasteiger partial charge on any atom is 0.410 e. The fourth-order valence-corrected chi connectivity index (χ4v) is 2.50. The number of guanidine groups is 1. The molecule has 1 aromatic heterocycles. The number of rotatable bonds is 5. The highest BCUT2D eigenvalue weighted by molar-refractivity contribution is 5.80. The van der Waals surface area contributed by atoms with Crippen molar-refractivity contribution in [1.29, 1.82) is 0 Å². The van der Waals surface area contributed by atoms with Gasteiger partial charge in [-0.05, 0) is 52.7 Å². The predicted molar refractivity (Wildman–Crippen MR) is 103 cm³/mol. The van der Waals surface area contributed by atoms with Gasteiger partial charge in [-0.25, -0.2) is 4.79 Å². The van der Waals surface area contributed by atoms with Crippen molar-refractivity contribution in [2.45, 2.75) is 52.7 Å². The van der Waals surface area contributed by atoms with E-state index in [9.17, 15) is 4.79 Å². The number of hydrogen-bond acceptors (Lipinski definition) is 4. The molecule has 7 heteroatoms. The number of carbonyl (C=O) groups is 1. The third kappa shape index (κ3) is 6.54. The first-order valence-electron chi connectivity index (χ1n) is 9.21. The molecule has 0 spiro atoms. The Morgan fingerprint density at radius 2 is 2.12 bits per heavy atom. The molecule has 1 amide bonds. The van der Waals surface area contributed by atoms with Crippen LogP contribution in [0.2, 0.25) is 0 Å². The molecule has 26 heavy (non-hydrogen) atoms. The number of nitrogens with zero attached hydrogens (tertiary/aromatic N) is 3. The second kappa shape index (κ2) is 8.87. The summed E-state index contributed by atoms with van der Waals surface area (Å²) in [6.07, 6.45) is 2.48. The van der Waals surface area contributed by atoms with Crippen molar-refractivity contribution in [1.82, 2.24) is 20.5 Å². The second-order valence-corrected chi connectivity index (χ2v) is 7.55. The molecule has 7 nitrogen and oxygen atoms in total. The van der Waals surface area contributed by atoms with Crippen molar-refractivity contribution >= 4 is 12.1 Å². The minimum absolute atomic E-state index is 0.196. The smallest absolute Gasteiger partial charge is 0.410 e. The van der Waals surface area contributed by atoms with Crippen molar-refractivity contribution in [3.63, 3.8) is 0 Å². The van der Waals surface area contributed by atoms with Gasteiger partial charge in [0.1, 0.15) is 5.60 Å². The van der Waals surface area contributed by atoms with Crippen LogP contribution in [0.1, 0.15) is 39.0 Å². The molecule has 0 aromatic carbocycles. The van der Waals surface area contributed by atoms with E-state index in [4.69, 9.17) is 4.74 Å². The van der Waals surface area contributed by atoms with E-state index in [2.05, 4.69) is 26.7 Å².